The van der Waals surface area contributed by atoms with Gasteiger partial charge in [0.05, 0.1) is 22.3 Å². The Hall–Kier alpha value is -0.595. The molecule has 0 aliphatic carbocycles. The summed E-state index contributed by atoms with van der Waals surface area (Å²) in [4.78, 5) is 12.4. The highest BCUT2D eigenvalue weighted by Crippen LogP contribution is 2.38. The molecule has 0 aromatic heterocycles. The van der Waals surface area contributed by atoms with Crippen LogP contribution in [0.4, 0.5) is 5.69 Å². The monoisotopic (exact) mass is 416 g/mol. The highest BCUT2D eigenvalue weighted by atomic mass is 79.9. The molecule has 1 aromatic carbocycles. The fourth-order valence-electron chi connectivity index (χ4n) is 2.39. The maximum absolute atomic E-state index is 12.4. The van der Waals surface area contributed by atoms with E-state index in [1.165, 1.54) is 0 Å². The third kappa shape index (κ3) is 3.97. The van der Waals surface area contributed by atoms with Gasteiger partial charge < -0.3 is 20.4 Å². The first kappa shape index (κ1) is 19.7. The van der Waals surface area contributed by atoms with Crippen LogP contribution >= 0.6 is 27.5 Å². The normalized spacial score (nSPS) is 20.1. The second kappa shape index (κ2) is 6.96. The van der Waals surface area contributed by atoms with E-state index in [-0.39, 0.29) is 12.2 Å². The van der Waals surface area contributed by atoms with Crippen molar-refractivity contribution in [3.05, 3.63) is 27.2 Å². The van der Waals surface area contributed by atoms with Crippen molar-refractivity contribution in [2.24, 2.45) is 5.73 Å². The summed E-state index contributed by atoms with van der Waals surface area (Å²) in [5, 5.41) is 3.38. The standard InChI is InChI=1S/C16H23BBrClN2O3/c1-9-12(7-6-10(18)13(9)19)21-14(22)11(20)8-17-23-15(2,3)16(4,5)24-17/h6-7,11H,8,20H2,1-5H3,(H,21,22). The molecule has 1 aliphatic heterocycles. The van der Waals surface area contributed by atoms with Crippen molar-refractivity contribution in [3.63, 3.8) is 0 Å². The largest absolute Gasteiger partial charge is 0.459 e. The number of halogens is 2. The van der Waals surface area contributed by atoms with Crippen LogP contribution in [0.25, 0.3) is 0 Å². The fraction of sp³-hybridized carbons (Fsp3) is 0.562. The molecule has 0 spiro atoms. The number of carbonyl (C=O) groups excluding carboxylic acids is 1. The Morgan fingerprint density at radius 3 is 2.42 bits per heavy atom. The topological polar surface area (TPSA) is 73.6 Å². The van der Waals surface area contributed by atoms with E-state index in [4.69, 9.17) is 26.6 Å². The van der Waals surface area contributed by atoms with Gasteiger partial charge >= 0.3 is 7.12 Å². The smallest absolute Gasteiger partial charge is 0.403 e. The zero-order chi connectivity index (χ0) is 18.3. The van der Waals surface area contributed by atoms with Crippen LogP contribution in [-0.4, -0.2) is 30.3 Å². The fourth-order valence-corrected chi connectivity index (χ4v) is 2.98. The first-order valence-electron chi connectivity index (χ1n) is 7.81. The lowest BCUT2D eigenvalue weighted by atomic mass is 9.80. The van der Waals surface area contributed by atoms with Crippen molar-refractivity contribution >= 4 is 46.2 Å². The molecule has 1 aliphatic rings. The minimum absolute atomic E-state index is 0.280. The number of amides is 1. The summed E-state index contributed by atoms with van der Waals surface area (Å²) in [6, 6.07) is 2.82. The van der Waals surface area contributed by atoms with Gasteiger partial charge in [0.1, 0.15) is 0 Å². The quantitative estimate of drug-likeness (QED) is 0.732. The zero-order valence-electron chi connectivity index (χ0n) is 14.6. The molecule has 5 nitrogen and oxygen atoms in total. The molecule has 0 saturated carbocycles. The van der Waals surface area contributed by atoms with Crippen LogP contribution in [-0.2, 0) is 14.1 Å². The number of benzene rings is 1. The molecule has 0 radical (unpaired) electrons. The van der Waals surface area contributed by atoms with E-state index in [2.05, 4.69) is 21.2 Å². The summed E-state index contributed by atoms with van der Waals surface area (Å²) in [6.45, 7) is 9.69. The van der Waals surface area contributed by atoms with Crippen molar-refractivity contribution in [2.45, 2.75) is 58.2 Å². The van der Waals surface area contributed by atoms with Crippen LogP contribution in [0.5, 0.6) is 0 Å². The lowest BCUT2D eigenvalue weighted by molar-refractivity contribution is -0.117. The molecule has 1 saturated heterocycles. The van der Waals surface area contributed by atoms with Crippen molar-refractivity contribution in [1.29, 1.82) is 0 Å². The van der Waals surface area contributed by atoms with Gasteiger partial charge in [0.2, 0.25) is 5.91 Å². The van der Waals surface area contributed by atoms with Gasteiger partial charge in [-0.2, -0.15) is 0 Å². The van der Waals surface area contributed by atoms with Gasteiger partial charge in [-0.1, -0.05) is 11.6 Å². The Morgan fingerprint density at radius 1 is 1.33 bits per heavy atom. The van der Waals surface area contributed by atoms with Crippen molar-refractivity contribution in [1.82, 2.24) is 0 Å². The third-order valence-corrected chi connectivity index (χ3v) is 6.06. The lowest BCUT2D eigenvalue weighted by Crippen LogP contribution is -2.41. The van der Waals surface area contributed by atoms with Crippen LogP contribution in [0.1, 0.15) is 33.3 Å². The number of nitrogens with two attached hydrogens (primary N) is 1. The first-order valence-corrected chi connectivity index (χ1v) is 8.98. The van der Waals surface area contributed by atoms with Crippen LogP contribution in [0.15, 0.2) is 16.6 Å². The van der Waals surface area contributed by atoms with Gasteiger partial charge in [0.25, 0.3) is 0 Å². The van der Waals surface area contributed by atoms with E-state index < -0.39 is 24.4 Å². The molecule has 1 amide bonds. The molecule has 132 valence electrons. The van der Waals surface area contributed by atoms with Crippen LogP contribution in [0.3, 0.4) is 0 Å². The summed E-state index contributed by atoms with van der Waals surface area (Å²) < 4.78 is 12.5. The van der Waals surface area contributed by atoms with Gasteiger partial charge in [-0.25, -0.2) is 0 Å². The molecule has 1 fully saturated rings. The number of hydrogen-bond donors (Lipinski definition) is 2. The predicted molar refractivity (Wildman–Crippen MR) is 101 cm³/mol. The molecule has 1 atom stereocenters. The van der Waals surface area contributed by atoms with E-state index in [1.54, 1.807) is 12.1 Å². The average molecular weight is 418 g/mol. The van der Waals surface area contributed by atoms with Gasteiger partial charge in [-0.05, 0) is 68.2 Å². The maximum atomic E-state index is 12.4. The number of nitrogens with one attached hydrogen (secondary N) is 1. The zero-order valence-corrected chi connectivity index (χ0v) is 16.9. The van der Waals surface area contributed by atoms with E-state index in [0.29, 0.717) is 10.7 Å². The molecular formula is C16H23BBrClN2O3. The van der Waals surface area contributed by atoms with Crippen molar-refractivity contribution in [2.75, 3.05) is 5.32 Å². The minimum Gasteiger partial charge on any atom is -0.403 e. The van der Waals surface area contributed by atoms with Crippen molar-refractivity contribution in [3.8, 4) is 0 Å². The number of rotatable bonds is 4. The summed E-state index contributed by atoms with van der Waals surface area (Å²) >= 11 is 9.53. The molecule has 8 heteroatoms. The van der Waals surface area contributed by atoms with Crippen LogP contribution in [0, 0.1) is 6.92 Å². The first-order chi connectivity index (χ1) is 10.9. The Bertz CT molecular complexity index is 638. The molecule has 1 unspecified atom stereocenters. The molecule has 3 N–H and O–H groups in total. The molecule has 0 bridgehead atoms. The molecule has 2 rings (SSSR count). The van der Waals surface area contributed by atoms with E-state index >= 15 is 0 Å². The van der Waals surface area contributed by atoms with Crippen LogP contribution < -0.4 is 11.1 Å². The highest BCUT2D eigenvalue weighted by molar-refractivity contribution is 9.10. The number of carbonyl (C=O) groups is 1. The average Bonchev–Trinajstić information content (AvgIpc) is 2.66. The maximum Gasteiger partial charge on any atom is 0.459 e. The third-order valence-electron chi connectivity index (χ3n) is 4.68. The van der Waals surface area contributed by atoms with Crippen LogP contribution in [0.2, 0.25) is 11.3 Å². The molecule has 1 heterocycles. The molecule has 1 aromatic rings. The SMILES string of the molecule is Cc1c(NC(=O)C(N)CB2OC(C)(C)C(C)(C)O2)ccc(Br)c1Cl. The number of hydrogen-bond acceptors (Lipinski definition) is 4. The van der Waals surface area contributed by atoms with Gasteiger partial charge in [-0.3, -0.25) is 4.79 Å². The van der Waals surface area contributed by atoms with Gasteiger partial charge in [-0.15, -0.1) is 0 Å². The Labute approximate surface area is 156 Å². The Kier molecular flexibility index (Phi) is 5.72. The summed E-state index contributed by atoms with van der Waals surface area (Å²) in [5.74, 6) is -0.300. The lowest BCUT2D eigenvalue weighted by Gasteiger charge is -2.32. The van der Waals surface area contributed by atoms with E-state index in [1.807, 2.05) is 34.6 Å². The van der Waals surface area contributed by atoms with Crippen molar-refractivity contribution < 1.29 is 14.1 Å². The molecular weight excluding hydrogens is 394 g/mol. The molecule has 24 heavy (non-hydrogen) atoms. The second-order valence-electron chi connectivity index (χ2n) is 7.05. The van der Waals surface area contributed by atoms with Gasteiger partial charge in [0.15, 0.2) is 0 Å². The highest BCUT2D eigenvalue weighted by Gasteiger charge is 2.51. The van der Waals surface area contributed by atoms with E-state index in [9.17, 15) is 4.79 Å². The Morgan fingerprint density at radius 2 is 1.88 bits per heavy atom. The van der Waals surface area contributed by atoms with E-state index in [0.717, 1.165) is 10.0 Å². The Balaban J connectivity index is 2.00. The number of anilines is 1. The second-order valence-corrected chi connectivity index (χ2v) is 8.28. The summed E-state index contributed by atoms with van der Waals surface area (Å²) in [7, 11) is -0.509. The summed E-state index contributed by atoms with van der Waals surface area (Å²) in [6.07, 6.45) is 0.280. The summed E-state index contributed by atoms with van der Waals surface area (Å²) in [5.41, 5.74) is 6.56. The van der Waals surface area contributed by atoms with Gasteiger partial charge in [0, 0.05) is 16.5 Å². The minimum atomic E-state index is -0.749. The predicted octanol–water partition coefficient (Wildman–Crippen LogP) is 3.77.